The van der Waals surface area contributed by atoms with Gasteiger partial charge in [-0.2, -0.15) is 13.2 Å². The summed E-state index contributed by atoms with van der Waals surface area (Å²) in [5, 5.41) is 2.66. The first kappa shape index (κ1) is 15.1. The van der Waals surface area contributed by atoms with E-state index >= 15 is 0 Å². The third-order valence-electron chi connectivity index (χ3n) is 3.36. The third-order valence-corrected chi connectivity index (χ3v) is 3.36. The van der Waals surface area contributed by atoms with Gasteiger partial charge in [-0.25, -0.2) is 0 Å². The Morgan fingerprint density at radius 3 is 2.65 bits per heavy atom. The van der Waals surface area contributed by atoms with Gasteiger partial charge in [-0.1, -0.05) is 36.4 Å². The fraction of sp³-hybridized carbons (Fsp3) is 0.118. The van der Waals surface area contributed by atoms with Crippen molar-refractivity contribution < 1.29 is 22.7 Å². The lowest BCUT2D eigenvalue weighted by atomic mass is 10.0. The lowest BCUT2D eigenvalue weighted by Gasteiger charge is -2.17. The van der Waals surface area contributed by atoms with Gasteiger partial charge in [-0.15, -0.1) is 0 Å². The van der Waals surface area contributed by atoms with Crippen molar-refractivity contribution in [2.24, 2.45) is 0 Å². The first-order valence-corrected chi connectivity index (χ1v) is 6.84. The number of anilines is 1. The van der Waals surface area contributed by atoms with Gasteiger partial charge in [0, 0.05) is 0 Å². The number of fused-ring (bicyclic) bond motifs is 1. The summed E-state index contributed by atoms with van der Waals surface area (Å²) in [5.41, 5.74) is 0.558. The van der Waals surface area contributed by atoms with E-state index in [0.717, 1.165) is 6.07 Å². The second-order valence-corrected chi connectivity index (χ2v) is 5.01. The molecule has 1 amide bonds. The molecule has 0 atom stereocenters. The Morgan fingerprint density at radius 2 is 1.87 bits per heavy atom. The number of amides is 1. The van der Waals surface area contributed by atoms with Crippen LogP contribution in [0.3, 0.4) is 0 Å². The monoisotopic (exact) mass is 319 g/mol. The van der Waals surface area contributed by atoms with E-state index < -0.39 is 11.7 Å². The van der Waals surface area contributed by atoms with E-state index in [2.05, 4.69) is 5.32 Å². The summed E-state index contributed by atoms with van der Waals surface area (Å²) in [6.07, 6.45) is -1.44. The van der Waals surface area contributed by atoms with Crippen molar-refractivity contribution in [3.8, 4) is 5.75 Å². The van der Waals surface area contributed by atoms with Crippen LogP contribution in [0.2, 0.25) is 0 Å². The van der Waals surface area contributed by atoms with Crippen LogP contribution in [0.1, 0.15) is 16.7 Å². The number of alkyl halides is 3. The molecular formula is C17H12F3NO2. The molecule has 1 N–H and O–H groups in total. The zero-order chi connectivity index (χ0) is 16.4. The number of halogens is 3. The quantitative estimate of drug-likeness (QED) is 0.842. The maximum atomic E-state index is 12.9. The van der Waals surface area contributed by atoms with Crippen LogP contribution >= 0.6 is 0 Å². The summed E-state index contributed by atoms with van der Waals surface area (Å²) < 4.78 is 44.1. The Labute approximate surface area is 130 Å². The van der Waals surface area contributed by atoms with E-state index in [1.165, 1.54) is 18.2 Å². The van der Waals surface area contributed by atoms with Crippen LogP contribution in [0.25, 0.3) is 12.2 Å². The largest absolute Gasteiger partial charge is 0.482 e. The summed E-state index contributed by atoms with van der Waals surface area (Å²) in [4.78, 5) is 11.3. The van der Waals surface area contributed by atoms with Gasteiger partial charge in [-0.3, -0.25) is 4.79 Å². The van der Waals surface area contributed by atoms with E-state index in [-0.39, 0.29) is 18.1 Å². The molecule has 2 aromatic carbocycles. The molecule has 1 heterocycles. The summed E-state index contributed by atoms with van der Waals surface area (Å²) >= 11 is 0. The number of carbonyl (C=O) groups excluding carboxylic acids is 1. The standard InChI is InChI=1S/C17H12F3NO2/c18-17(19,20)13-4-2-1-3-12(13)7-5-11-6-8-15-14(9-11)21-16(22)10-23-15/h1-9H,10H2,(H,21,22). The van der Waals surface area contributed by atoms with Crippen molar-refractivity contribution in [1.29, 1.82) is 0 Å². The fourth-order valence-electron chi connectivity index (χ4n) is 2.29. The van der Waals surface area contributed by atoms with Crippen LogP contribution in [-0.2, 0) is 11.0 Å². The summed E-state index contributed by atoms with van der Waals surface area (Å²) in [7, 11) is 0. The number of hydrogen-bond donors (Lipinski definition) is 1. The highest BCUT2D eigenvalue weighted by Gasteiger charge is 2.32. The maximum Gasteiger partial charge on any atom is 0.416 e. The Morgan fingerprint density at radius 1 is 1.09 bits per heavy atom. The molecule has 6 heteroatoms. The highest BCUT2D eigenvalue weighted by Crippen LogP contribution is 2.33. The number of benzene rings is 2. The molecule has 3 nitrogen and oxygen atoms in total. The van der Waals surface area contributed by atoms with Gasteiger partial charge in [0.2, 0.25) is 0 Å². The second kappa shape index (κ2) is 5.79. The van der Waals surface area contributed by atoms with Gasteiger partial charge in [0.25, 0.3) is 5.91 Å². The van der Waals surface area contributed by atoms with E-state index in [1.807, 2.05) is 0 Å². The first-order valence-electron chi connectivity index (χ1n) is 6.84. The predicted molar refractivity (Wildman–Crippen MR) is 80.9 cm³/mol. The zero-order valence-corrected chi connectivity index (χ0v) is 11.9. The minimum absolute atomic E-state index is 0.0405. The van der Waals surface area contributed by atoms with E-state index in [1.54, 1.807) is 30.3 Å². The maximum absolute atomic E-state index is 12.9. The molecule has 3 rings (SSSR count). The normalized spacial score (nSPS) is 14.3. The van der Waals surface area contributed by atoms with Gasteiger partial charge in [0.15, 0.2) is 6.61 Å². The molecule has 0 radical (unpaired) electrons. The van der Waals surface area contributed by atoms with Crippen molar-refractivity contribution >= 4 is 23.7 Å². The highest BCUT2D eigenvalue weighted by molar-refractivity contribution is 5.95. The van der Waals surface area contributed by atoms with Crippen LogP contribution in [0, 0.1) is 0 Å². The molecule has 0 saturated heterocycles. The molecular weight excluding hydrogens is 307 g/mol. The predicted octanol–water partition coefficient (Wildman–Crippen LogP) is 4.21. The van der Waals surface area contributed by atoms with Crippen LogP contribution in [0.5, 0.6) is 5.75 Å². The fourth-order valence-corrected chi connectivity index (χ4v) is 2.29. The molecule has 1 aliphatic rings. The number of carbonyl (C=O) groups is 1. The number of hydrogen-bond acceptors (Lipinski definition) is 2. The Balaban J connectivity index is 1.90. The van der Waals surface area contributed by atoms with E-state index in [9.17, 15) is 18.0 Å². The molecule has 0 unspecified atom stereocenters. The molecule has 0 saturated carbocycles. The lowest BCUT2D eigenvalue weighted by molar-refractivity contribution is -0.137. The Bertz CT molecular complexity index is 782. The summed E-state index contributed by atoms with van der Waals surface area (Å²) in [5.74, 6) is 0.276. The highest BCUT2D eigenvalue weighted by atomic mass is 19.4. The van der Waals surface area contributed by atoms with Crippen LogP contribution < -0.4 is 10.1 Å². The van der Waals surface area contributed by atoms with Crippen molar-refractivity contribution in [2.45, 2.75) is 6.18 Å². The van der Waals surface area contributed by atoms with Gasteiger partial charge in [0.05, 0.1) is 11.3 Å². The first-order chi connectivity index (χ1) is 10.9. The molecule has 118 valence electrons. The molecule has 0 aliphatic carbocycles. The van der Waals surface area contributed by atoms with Crippen molar-refractivity contribution in [3.05, 3.63) is 59.2 Å². The van der Waals surface area contributed by atoms with E-state index in [4.69, 9.17) is 4.74 Å². The van der Waals surface area contributed by atoms with Crippen molar-refractivity contribution in [3.63, 3.8) is 0 Å². The lowest BCUT2D eigenvalue weighted by Crippen LogP contribution is -2.25. The summed E-state index contributed by atoms with van der Waals surface area (Å²) in [6.45, 7) is -0.0405. The number of nitrogens with one attached hydrogen (secondary N) is 1. The van der Waals surface area contributed by atoms with E-state index in [0.29, 0.717) is 17.0 Å². The van der Waals surface area contributed by atoms with Crippen LogP contribution in [-0.4, -0.2) is 12.5 Å². The molecule has 1 aliphatic heterocycles. The molecule has 0 aromatic heterocycles. The van der Waals surface area contributed by atoms with Crippen molar-refractivity contribution in [1.82, 2.24) is 0 Å². The van der Waals surface area contributed by atoms with Gasteiger partial charge in [0.1, 0.15) is 5.75 Å². The topological polar surface area (TPSA) is 38.3 Å². The van der Waals surface area contributed by atoms with Gasteiger partial charge >= 0.3 is 6.18 Å². The molecule has 23 heavy (non-hydrogen) atoms. The molecule has 0 spiro atoms. The minimum atomic E-state index is -4.40. The van der Waals surface area contributed by atoms with Crippen LogP contribution in [0.4, 0.5) is 18.9 Å². The Hall–Kier alpha value is -2.76. The molecule has 0 bridgehead atoms. The zero-order valence-electron chi connectivity index (χ0n) is 11.9. The second-order valence-electron chi connectivity index (χ2n) is 5.01. The van der Waals surface area contributed by atoms with Crippen LogP contribution in [0.15, 0.2) is 42.5 Å². The Kier molecular flexibility index (Phi) is 3.82. The smallest absolute Gasteiger partial charge is 0.416 e. The summed E-state index contributed by atoms with van der Waals surface area (Å²) in [6, 6.07) is 10.4. The molecule has 0 fully saturated rings. The molecule has 2 aromatic rings. The third kappa shape index (κ3) is 3.36. The van der Waals surface area contributed by atoms with Crippen molar-refractivity contribution in [2.75, 3.05) is 11.9 Å². The SMILES string of the molecule is O=C1COc2ccc(C=Cc3ccccc3C(F)(F)F)cc2N1. The van der Waals surface area contributed by atoms with Gasteiger partial charge in [-0.05, 0) is 29.3 Å². The average Bonchev–Trinajstić information content (AvgIpc) is 2.52. The van der Waals surface area contributed by atoms with Gasteiger partial charge < -0.3 is 10.1 Å². The average molecular weight is 319 g/mol. The minimum Gasteiger partial charge on any atom is -0.482 e. The number of rotatable bonds is 2. The number of ether oxygens (including phenoxy) is 1.